The number of amides is 1. The Kier molecular flexibility index (Phi) is 8.55. The first-order valence-electron chi connectivity index (χ1n) is 11.6. The summed E-state index contributed by atoms with van der Waals surface area (Å²) in [5.74, 6) is 1.73. The number of thioether (sulfide) groups is 1. The van der Waals surface area contributed by atoms with Crippen molar-refractivity contribution in [1.29, 1.82) is 0 Å². The lowest BCUT2D eigenvalue weighted by molar-refractivity contribution is 0.0383. The number of carbonyl (C=O) groups is 1. The number of nitrogens with zero attached hydrogens (tertiary/aromatic N) is 4. The van der Waals surface area contributed by atoms with Crippen LogP contribution in [0.3, 0.4) is 0 Å². The maximum atomic E-state index is 12.4. The molecule has 0 unspecified atom stereocenters. The van der Waals surface area contributed by atoms with Crippen LogP contribution in [-0.4, -0.2) is 86.5 Å². The fourth-order valence-electron chi connectivity index (χ4n) is 3.89. The number of rotatable bonds is 8. The van der Waals surface area contributed by atoms with Gasteiger partial charge >= 0.3 is 0 Å². The highest BCUT2D eigenvalue weighted by atomic mass is 32.2. The van der Waals surface area contributed by atoms with Crippen molar-refractivity contribution in [3.8, 4) is 0 Å². The first-order valence-corrected chi connectivity index (χ1v) is 12.6. The highest BCUT2D eigenvalue weighted by Gasteiger charge is 2.18. The van der Waals surface area contributed by atoms with Gasteiger partial charge in [0, 0.05) is 61.8 Å². The van der Waals surface area contributed by atoms with Crippen molar-refractivity contribution in [1.82, 2.24) is 20.2 Å². The number of hydrogen-bond donors (Lipinski definition) is 1. The van der Waals surface area contributed by atoms with E-state index in [1.165, 1.54) is 0 Å². The molecule has 178 valence electrons. The van der Waals surface area contributed by atoms with Gasteiger partial charge in [0.25, 0.3) is 5.91 Å². The Labute approximate surface area is 200 Å². The minimum absolute atomic E-state index is 0.0323. The van der Waals surface area contributed by atoms with Crippen LogP contribution < -0.4 is 10.2 Å². The zero-order valence-corrected chi connectivity index (χ0v) is 20.3. The molecule has 3 heterocycles. The third kappa shape index (κ3) is 6.66. The maximum absolute atomic E-state index is 12.4. The molecule has 1 aromatic carbocycles. The van der Waals surface area contributed by atoms with Gasteiger partial charge < -0.3 is 19.7 Å². The molecule has 0 spiro atoms. The molecule has 0 aliphatic carbocycles. The molecule has 0 bridgehead atoms. The lowest BCUT2D eigenvalue weighted by Crippen LogP contribution is -2.41. The van der Waals surface area contributed by atoms with Gasteiger partial charge in [0.15, 0.2) is 5.16 Å². The Morgan fingerprint density at radius 3 is 2.36 bits per heavy atom. The monoisotopic (exact) mass is 471 g/mol. The van der Waals surface area contributed by atoms with Crippen LogP contribution in [0.1, 0.15) is 27.2 Å². The number of hydrogen-bond acceptors (Lipinski definition) is 8. The lowest BCUT2D eigenvalue weighted by atomic mass is 10.1. The van der Waals surface area contributed by atoms with Crippen molar-refractivity contribution < 1.29 is 14.3 Å². The van der Waals surface area contributed by atoms with Gasteiger partial charge in [0.05, 0.1) is 26.4 Å². The van der Waals surface area contributed by atoms with E-state index in [2.05, 4.69) is 27.0 Å². The SMILES string of the molecule is Cc1nc(SCc2ccc(C(=O)NCCN3CCOCC3)cc2)nc(N2CCOCC2)c1C. The molecular weight excluding hydrogens is 438 g/mol. The van der Waals surface area contributed by atoms with Crippen molar-refractivity contribution in [2.24, 2.45) is 0 Å². The van der Waals surface area contributed by atoms with Gasteiger partial charge in [-0.25, -0.2) is 9.97 Å². The van der Waals surface area contributed by atoms with E-state index in [1.807, 2.05) is 31.2 Å². The zero-order valence-electron chi connectivity index (χ0n) is 19.5. The minimum atomic E-state index is -0.0323. The van der Waals surface area contributed by atoms with E-state index in [-0.39, 0.29) is 5.91 Å². The van der Waals surface area contributed by atoms with Gasteiger partial charge in [0.2, 0.25) is 0 Å². The van der Waals surface area contributed by atoms with Crippen LogP contribution >= 0.6 is 11.8 Å². The molecule has 2 saturated heterocycles. The molecule has 2 fully saturated rings. The Morgan fingerprint density at radius 2 is 1.67 bits per heavy atom. The van der Waals surface area contributed by atoms with Crippen LogP contribution in [0, 0.1) is 13.8 Å². The van der Waals surface area contributed by atoms with Gasteiger partial charge in [-0.05, 0) is 31.5 Å². The molecule has 1 aromatic heterocycles. The van der Waals surface area contributed by atoms with E-state index in [0.29, 0.717) is 12.1 Å². The number of benzene rings is 1. The number of anilines is 1. The van der Waals surface area contributed by atoms with E-state index in [1.54, 1.807) is 11.8 Å². The zero-order chi connectivity index (χ0) is 23.0. The Balaban J connectivity index is 1.29. The predicted molar refractivity (Wildman–Crippen MR) is 130 cm³/mol. The predicted octanol–water partition coefficient (Wildman–Crippen LogP) is 2.28. The largest absolute Gasteiger partial charge is 0.379 e. The average molecular weight is 472 g/mol. The highest BCUT2D eigenvalue weighted by molar-refractivity contribution is 7.98. The van der Waals surface area contributed by atoms with E-state index in [9.17, 15) is 4.79 Å². The summed E-state index contributed by atoms with van der Waals surface area (Å²) in [6, 6.07) is 7.79. The van der Waals surface area contributed by atoms with Crippen molar-refractivity contribution in [3.05, 3.63) is 46.6 Å². The highest BCUT2D eigenvalue weighted by Crippen LogP contribution is 2.26. The van der Waals surface area contributed by atoms with Crippen LogP contribution in [0.15, 0.2) is 29.4 Å². The Bertz CT molecular complexity index is 928. The second-order valence-electron chi connectivity index (χ2n) is 8.34. The summed E-state index contributed by atoms with van der Waals surface area (Å²) in [5, 5.41) is 3.79. The molecule has 9 heteroatoms. The second-order valence-corrected chi connectivity index (χ2v) is 9.28. The molecule has 8 nitrogen and oxygen atoms in total. The molecule has 4 rings (SSSR count). The van der Waals surface area contributed by atoms with E-state index >= 15 is 0 Å². The maximum Gasteiger partial charge on any atom is 0.251 e. The van der Waals surface area contributed by atoms with Crippen LogP contribution in [0.2, 0.25) is 0 Å². The molecule has 0 atom stereocenters. The molecule has 2 aromatic rings. The van der Waals surface area contributed by atoms with E-state index in [4.69, 9.17) is 14.5 Å². The quantitative estimate of drug-likeness (QED) is 0.464. The van der Waals surface area contributed by atoms with Gasteiger partial charge in [-0.3, -0.25) is 9.69 Å². The topological polar surface area (TPSA) is 79.8 Å². The smallest absolute Gasteiger partial charge is 0.251 e. The van der Waals surface area contributed by atoms with Gasteiger partial charge in [-0.2, -0.15) is 0 Å². The van der Waals surface area contributed by atoms with Crippen molar-refractivity contribution in [2.45, 2.75) is 24.8 Å². The van der Waals surface area contributed by atoms with Gasteiger partial charge in [-0.15, -0.1) is 0 Å². The van der Waals surface area contributed by atoms with Crippen molar-refractivity contribution >= 4 is 23.5 Å². The molecule has 2 aliphatic heterocycles. The first-order chi connectivity index (χ1) is 16.1. The molecule has 0 saturated carbocycles. The second kappa shape index (κ2) is 11.8. The first kappa shape index (κ1) is 23.9. The average Bonchev–Trinajstić information content (AvgIpc) is 2.86. The number of morpholine rings is 2. The van der Waals surface area contributed by atoms with Crippen molar-refractivity contribution in [3.63, 3.8) is 0 Å². The molecule has 1 N–H and O–H groups in total. The van der Waals surface area contributed by atoms with Crippen LogP contribution in [0.5, 0.6) is 0 Å². The summed E-state index contributed by atoms with van der Waals surface area (Å²) in [7, 11) is 0. The van der Waals surface area contributed by atoms with E-state index < -0.39 is 0 Å². The summed E-state index contributed by atoms with van der Waals surface area (Å²) in [6.07, 6.45) is 0. The van der Waals surface area contributed by atoms with Crippen molar-refractivity contribution in [2.75, 3.05) is 70.6 Å². The van der Waals surface area contributed by atoms with Crippen LogP contribution in [0.25, 0.3) is 0 Å². The van der Waals surface area contributed by atoms with Crippen LogP contribution in [-0.2, 0) is 15.2 Å². The third-order valence-electron chi connectivity index (χ3n) is 6.05. The standard InChI is InChI=1S/C24H33N5O3S/c1-18-19(2)26-24(27-22(18)29-11-15-32-16-12-29)33-17-20-3-5-21(6-4-20)23(30)25-7-8-28-9-13-31-14-10-28/h3-6H,7-17H2,1-2H3,(H,25,30). The fourth-order valence-corrected chi connectivity index (χ4v) is 4.73. The molecular formula is C24H33N5O3S. The molecule has 1 amide bonds. The number of nitrogens with one attached hydrogen (secondary N) is 1. The molecule has 0 radical (unpaired) electrons. The number of aryl methyl sites for hydroxylation is 1. The fraction of sp³-hybridized carbons (Fsp3) is 0.542. The molecule has 33 heavy (non-hydrogen) atoms. The van der Waals surface area contributed by atoms with Gasteiger partial charge in [-0.1, -0.05) is 23.9 Å². The minimum Gasteiger partial charge on any atom is -0.379 e. The summed E-state index contributed by atoms with van der Waals surface area (Å²) in [6.45, 7) is 12.2. The van der Waals surface area contributed by atoms with Gasteiger partial charge in [0.1, 0.15) is 5.82 Å². The third-order valence-corrected chi connectivity index (χ3v) is 6.97. The summed E-state index contributed by atoms with van der Waals surface area (Å²) in [5.41, 5.74) is 3.96. The number of ether oxygens (including phenoxy) is 2. The van der Waals surface area contributed by atoms with Crippen LogP contribution in [0.4, 0.5) is 5.82 Å². The normalized spacial score (nSPS) is 17.2. The van der Waals surface area contributed by atoms with E-state index in [0.717, 1.165) is 92.7 Å². The lowest BCUT2D eigenvalue weighted by Gasteiger charge is -2.29. The molecule has 2 aliphatic rings. The Hall–Kier alpha value is -2.20. The number of aromatic nitrogens is 2. The Morgan fingerprint density at radius 1 is 1.00 bits per heavy atom. The summed E-state index contributed by atoms with van der Waals surface area (Å²) >= 11 is 1.62. The summed E-state index contributed by atoms with van der Waals surface area (Å²) < 4.78 is 10.8. The summed E-state index contributed by atoms with van der Waals surface area (Å²) in [4.78, 5) is 26.5. The number of carbonyl (C=O) groups excluding carboxylic acids is 1.